The van der Waals surface area contributed by atoms with Crippen molar-refractivity contribution in [1.29, 1.82) is 0 Å². The summed E-state index contributed by atoms with van der Waals surface area (Å²) in [4.78, 5) is 2.48. The standard InChI is InChI=1S/C42H27NS/c1-2-13-28(14-3-1)30-15-8-10-22-39(30)43(40-23-12-21-37-36-20-9-11-24-41(36)44-42(37)40)29-25-26-35-33-18-5-4-16-31(33)32-17-6-7-19-34(32)38(35)27-29/h1-27H. The molecule has 0 aliphatic carbocycles. The highest BCUT2D eigenvalue weighted by Gasteiger charge is 2.21. The summed E-state index contributed by atoms with van der Waals surface area (Å²) in [6.07, 6.45) is 0. The van der Waals surface area contributed by atoms with Crippen LogP contribution >= 0.6 is 11.3 Å². The third-order valence-electron chi connectivity index (χ3n) is 8.84. The van der Waals surface area contributed by atoms with Gasteiger partial charge in [0.25, 0.3) is 0 Å². The lowest BCUT2D eigenvalue weighted by Gasteiger charge is -2.29. The first-order chi connectivity index (χ1) is 21.8. The molecular formula is C42H27NS. The number of nitrogens with zero attached hydrogens (tertiary/aromatic N) is 1. The molecular weight excluding hydrogens is 551 g/mol. The van der Waals surface area contributed by atoms with E-state index in [2.05, 4.69) is 169 Å². The lowest BCUT2D eigenvalue weighted by atomic mass is 9.93. The molecule has 1 heterocycles. The zero-order chi connectivity index (χ0) is 29.0. The fourth-order valence-corrected chi connectivity index (χ4v) is 8.09. The Balaban J connectivity index is 1.39. The van der Waals surface area contributed by atoms with E-state index in [0.717, 1.165) is 11.4 Å². The molecule has 0 amide bonds. The van der Waals surface area contributed by atoms with Crippen LogP contribution in [0.25, 0.3) is 63.6 Å². The molecule has 0 bridgehead atoms. The second-order valence-corrected chi connectivity index (χ2v) is 12.3. The van der Waals surface area contributed by atoms with Crippen LogP contribution in [0.3, 0.4) is 0 Å². The van der Waals surface area contributed by atoms with Gasteiger partial charge in [-0.2, -0.15) is 0 Å². The van der Waals surface area contributed by atoms with Crippen LogP contribution in [0.15, 0.2) is 164 Å². The third-order valence-corrected chi connectivity index (χ3v) is 10.0. The van der Waals surface area contributed by atoms with Gasteiger partial charge in [-0.3, -0.25) is 0 Å². The van der Waals surface area contributed by atoms with Gasteiger partial charge >= 0.3 is 0 Å². The number of benzene rings is 8. The van der Waals surface area contributed by atoms with Gasteiger partial charge in [0.05, 0.1) is 16.1 Å². The number of para-hydroxylation sites is 1. The van der Waals surface area contributed by atoms with E-state index in [1.165, 1.54) is 69.3 Å². The predicted molar refractivity (Wildman–Crippen MR) is 192 cm³/mol. The van der Waals surface area contributed by atoms with Crippen LogP contribution in [0.1, 0.15) is 0 Å². The summed E-state index contributed by atoms with van der Waals surface area (Å²) in [6.45, 7) is 0. The van der Waals surface area contributed by atoms with Crippen LogP contribution in [0.2, 0.25) is 0 Å². The molecule has 9 aromatic rings. The lowest BCUT2D eigenvalue weighted by Crippen LogP contribution is -2.11. The molecule has 9 rings (SSSR count). The Morgan fingerprint density at radius 1 is 0.364 bits per heavy atom. The molecule has 0 atom stereocenters. The summed E-state index contributed by atoms with van der Waals surface area (Å²) < 4.78 is 2.60. The maximum atomic E-state index is 2.48. The molecule has 2 heteroatoms. The third kappa shape index (κ3) is 3.85. The van der Waals surface area contributed by atoms with E-state index in [1.807, 2.05) is 11.3 Å². The van der Waals surface area contributed by atoms with Crippen molar-refractivity contribution in [1.82, 2.24) is 0 Å². The summed E-state index contributed by atoms with van der Waals surface area (Å²) in [7, 11) is 0. The molecule has 0 saturated heterocycles. The van der Waals surface area contributed by atoms with E-state index in [1.54, 1.807) is 0 Å². The number of anilines is 3. The predicted octanol–water partition coefficient (Wildman–Crippen LogP) is 12.7. The summed E-state index contributed by atoms with van der Waals surface area (Å²) in [5, 5.41) is 10.3. The molecule has 1 nitrogen and oxygen atoms in total. The molecule has 0 saturated carbocycles. The molecule has 0 aliphatic heterocycles. The van der Waals surface area contributed by atoms with Gasteiger partial charge in [-0.15, -0.1) is 11.3 Å². The Hall–Kier alpha value is -5.44. The fourth-order valence-electron chi connectivity index (χ4n) is 6.88. The molecule has 0 fully saturated rings. The number of fused-ring (bicyclic) bond motifs is 9. The lowest BCUT2D eigenvalue weighted by molar-refractivity contribution is 1.31. The van der Waals surface area contributed by atoms with Gasteiger partial charge in [0, 0.05) is 26.7 Å². The van der Waals surface area contributed by atoms with Crippen molar-refractivity contribution in [2.24, 2.45) is 0 Å². The Bertz CT molecular complexity index is 2470. The van der Waals surface area contributed by atoms with Crippen molar-refractivity contribution in [2.75, 3.05) is 4.90 Å². The van der Waals surface area contributed by atoms with Crippen molar-refractivity contribution < 1.29 is 0 Å². The van der Waals surface area contributed by atoms with Crippen LogP contribution < -0.4 is 4.90 Å². The molecule has 0 radical (unpaired) electrons. The monoisotopic (exact) mass is 577 g/mol. The van der Waals surface area contributed by atoms with Crippen molar-refractivity contribution in [2.45, 2.75) is 0 Å². The minimum absolute atomic E-state index is 1.14. The first kappa shape index (κ1) is 25.1. The van der Waals surface area contributed by atoms with Crippen LogP contribution in [0, 0.1) is 0 Å². The Labute approximate surface area is 259 Å². The van der Waals surface area contributed by atoms with E-state index < -0.39 is 0 Å². The van der Waals surface area contributed by atoms with Crippen molar-refractivity contribution in [3.63, 3.8) is 0 Å². The number of rotatable bonds is 4. The van der Waals surface area contributed by atoms with Crippen LogP contribution in [0.4, 0.5) is 17.1 Å². The second-order valence-electron chi connectivity index (χ2n) is 11.3. The Morgan fingerprint density at radius 2 is 0.909 bits per heavy atom. The zero-order valence-corrected chi connectivity index (χ0v) is 24.8. The molecule has 206 valence electrons. The number of hydrogen-bond donors (Lipinski definition) is 0. The van der Waals surface area contributed by atoms with E-state index in [0.29, 0.717) is 0 Å². The largest absolute Gasteiger partial charge is 0.308 e. The molecule has 8 aromatic carbocycles. The highest BCUT2D eigenvalue weighted by atomic mass is 32.1. The first-order valence-corrected chi connectivity index (χ1v) is 15.8. The van der Waals surface area contributed by atoms with Gasteiger partial charge in [-0.05, 0) is 68.2 Å². The van der Waals surface area contributed by atoms with E-state index >= 15 is 0 Å². The van der Waals surface area contributed by atoms with E-state index in [-0.39, 0.29) is 0 Å². The fraction of sp³-hybridized carbons (Fsp3) is 0. The average molecular weight is 578 g/mol. The van der Waals surface area contributed by atoms with Crippen LogP contribution in [-0.4, -0.2) is 0 Å². The summed E-state index contributed by atoms with van der Waals surface area (Å²) in [5.41, 5.74) is 5.90. The Kier molecular flexibility index (Phi) is 5.75. The van der Waals surface area contributed by atoms with E-state index in [9.17, 15) is 0 Å². The number of hydrogen-bond acceptors (Lipinski definition) is 2. The molecule has 0 spiro atoms. The quantitative estimate of drug-likeness (QED) is 0.188. The van der Waals surface area contributed by atoms with Crippen molar-refractivity contribution >= 4 is 80.9 Å². The minimum atomic E-state index is 1.14. The van der Waals surface area contributed by atoms with Crippen molar-refractivity contribution in [3.05, 3.63) is 164 Å². The number of thiophene rings is 1. The highest BCUT2D eigenvalue weighted by Crippen LogP contribution is 2.48. The molecule has 1 aromatic heterocycles. The SMILES string of the molecule is c1ccc(-c2ccccc2N(c2ccc3c4ccccc4c4ccccc4c3c2)c2cccc3c2sc2ccccc23)cc1. The average Bonchev–Trinajstić information content (AvgIpc) is 3.49. The van der Waals surface area contributed by atoms with Gasteiger partial charge in [-0.25, -0.2) is 0 Å². The second kappa shape index (κ2) is 10.1. The van der Waals surface area contributed by atoms with Crippen molar-refractivity contribution in [3.8, 4) is 11.1 Å². The van der Waals surface area contributed by atoms with E-state index in [4.69, 9.17) is 0 Å². The van der Waals surface area contributed by atoms with Crippen LogP contribution in [-0.2, 0) is 0 Å². The maximum Gasteiger partial charge on any atom is 0.0640 e. The molecule has 0 aliphatic rings. The van der Waals surface area contributed by atoms with Gasteiger partial charge in [0.15, 0.2) is 0 Å². The van der Waals surface area contributed by atoms with Crippen LogP contribution in [0.5, 0.6) is 0 Å². The summed E-state index contributed by atoms with van der Waals surface area (Å²) in [6, 6.07) is 59.7. The molecule has 0 unspecified atom stereocenters. The zero-order valence-electron chi connectivity index (χ0n) is 23.9. The first-order valence-electron chi connectivity index (χ1n) is 15.0. The van der Waals surface area contributed by atoms with Gasteiger partial charge < -0.3 is 4.90 Å². The normalized spacial score (nSPS) is 11.6. The minimum Gasteiger partial charge on any atom is -0.308 e. The smallest absolute Gasteiger partial charge is 0.0640 e. The maximum absolute atomic E-state index is 2.48. The summed E-state index contributed by atoms with van der Waals surface area (Å²) >= 11 is 1.87. The van der Waals surface area contributed by atoms with Gasteiger partial charge in [0.2, 0.25) is 0 Å². The summed E-state index contributed by atoms with van der Waals surface area (Å²) in [5.74, 6) is 0. The molecule has 0 N–H and O–H groups in total. The molecule has 44 heavy (non-hydrogen) atoms. The van der Waals surface area contributed by atoms with Gasteiger partial charge in [0.1, 0.15) is 0 Å². The Morgan fingerprint density at radius 3 is 1.66 bits per heavy atom. The highest BCUT2D eigenvalue weighted by molar-refractivity contribution is 7.26. The van der Waals surface area contributed by atoms with Gasteiger partial charge in [-0.1, -0.05) is 133 Å². The topological polar surface area (TPSA) is 3.24 Å².